The van der Waals surface area contributed by atoms with Crippen molar-refractivity contribution in [2.75, 3.05) is 32.3 Å². The minimum absolute atomic E-state index is 0.868. The number of benzene rings is 5. The zero-order valence-electron chi connectivity index (χ0n) is 30.7. The minimum Gasteiger partial charge on any atom is -0.496 e. The summed E-state index contributed by atoms with van der Waals surface area (Å²) >= 11 is 0. The number of fused-ring (bicyclic) bond motifs is 3. The molecule has 54 heavy (non-hydrogen) atoms. The Balaban J connectivity index is 0.966. The molecule has 4 nitrogen and oxygen atoms in total. The van der Waals surface area contributed by atoms with Gasteiger partial charge in [0.15, 0.2) is 19.3 Å². The van der Waals surface area contributed by atoms with Crippen molar-refractivity contribution in [3.05, 3.63) is 180 Å². The van der Waals surface area contributed by atoms with Crippen molar-refractivity contribution in [1.82, 2.24) is 0 Å². The first-order valence-corrected chi connectivity index (χ1v) is 20.6. The van der Waals surface area contributed by atoms with Gasteiger partial charge < -0.3 is 9.47 Å². The normalized spacial score (nSPS) is 14.6. The average Bonchev–Trinajstić information content (AvgIpc) is 3.23. The van der Waals surface area contributed by atoms with E-state index in [4.69, 9.17) is 9.47 Å². The number of allylic oxidation sites excluding steroid dienone is 8. The van der Waals surface area contributed by atoms with E-state index < -0.39 is 0 Å². The van der Waals surface area contributed by atoms with Crippen LogP contribution in [0.4, 0.5) is 0 Å². The van der Waals surface area contributed by atoms with Crippen molar-refractivity contribution in [2.24, 2.45) is 0 Å². The predicted octanol–water partition coefficient (Wildman–Crippen LogP) is 9.85. The van der Waals surface area contributed by atoms with Crippen molar-refractivity contribution >= 4 is 78.0 Å². The number of methoxy groups -OCH3 is 2. The number of rotatable bonds is 14. The second-order valence-corrected chi connectivity index (χ2v) is 15.4. The molecule has 5 aromatic carbocycles. The molecule has 0 bridgehead atoms. The number of nitrogens with zero attached hydrogens (tertiary/aromatic N) is 1. The Bertz CT molecular complexity index is 2510. The van der Waals surface area contributed by atoms with Crippen LogP contribution in [0.1, 0.15) is 16.7 Å². The molecule has 268 valence electrons. The smallest absolute Gasteiger partial charge is 0.213 e. The first-order valence-electron chi connectivity index (χ1n) is 18.1. The Labute approximate surface area is 326 Å². The maximum atomic E-state index is 5.60. The van der Waals surface area contributed by atoms with E-state index in [2.05, 4.69) is 156 Å². The van der Waals surface area contributed by atoms with E-state index >= 15 is 0 Å². The fourth-order valence-electron chi connectivity index (χ4n) is 6.88. The van der Waals surface area contributed by atoms with Gasteiger partial charge >= 0.3 is 0 Å². The summed E-state index contributed by atoms with van der Waals surface area (Å²) in [5.74, 6) is 3.78. The summed E-state index contributed by atoms with van der Waals surface area (Å²) in [7, 11) is 7.27. The highest BCUT2D eigenvalue weighted by molar-refractivity contribution is 8.76. The number of aryl methyl sites for hydroxylation is 1. The van der Waals surface area contributed by atoms with Crippen LogP contribution in [0.25, 0.3) is 50.7 Å². The van der Waals surface area contributed by atoms with Gasteiger partial charge in [-0.15, -0.1) is 0 Å². The molecule has 1 aliphatic rings. The molecule has 0 aliphatic heterocycles. The third-order valence-electron chi connectivity index (χ3n) is 9.58. The molecule has 1 N–H and O–H groups in total. The highest BCUT2D eigenvalue weighted by atomic mass is 33.1. The summed E-state index contributed by atoms with van der Waals surface area (Å²) in [5, 5.41) is 5.82. The highest BCUT2D eigenvalue weighted by Gasteiger charge is 2.15. The molecule has 6 heteroatoms. The molecule has 0 unspecified atom stereocenters. The van der Waals surface area contributed by atoms with E-state index in [1.54, 1.807) is 14.2 Å². The first-order chi connectivity index (χ1) is 26.7. The quantitative estimate of drug-likeness (QED) is 0.0685. The maximum absolute atomic E-state index is 5.60. The minimum atomic E-state index is 0.868. The number of ether oxygens (including phenoxy) is 2. The molecule has 0 fully saturated rings. The van der Waals surface area contributed by atoms with Crippen LogP contribution in [0.15, 0.2) is 164 Å². The van der Waals surface area contributed by atoms with E-state index in [1.165, 1.54) is 27.4 Å². The third-order valence-corrected chi connectivity index (χ3v) is 12.0. The lowest BCUT2D eigenvalue weighted by atomic mass is 9.97. The lowest BCUT2D eigenvalue weighted by Gasteiger charge is -2.09. The molecular weight excluding hydrogens is 701 g/mol. The summed E-state index contributed by atoms with van der Waals surface area (Å²) in [6.45, 7) is 5.95. The fraction of sp³-hybridized carbons (Fsp3) is 0.125. The Morgan fingerprint density at radius 3 is 1.89 bits per heavy atom. The summed E-state index contributed by atoms with van der Waals surface area (Å²) in [4.78, 5) is 3.68. The molecule has 0 saturated carbocycles. The van der Waals surface area contributed by atoms with Gasteiger partial charge in [0.05, 0.1) is 36.7 Å². The number of hydrogen-bond donors (Lipinski definition) is 1. The Hall–Kier alpha value is -5.56. The van der Waals surface area contributed by atoms with E-state index in [1.807, 2.05) is 45.9 Å². The van der Waals surface area contributed by atoms with Crippen LogP contribution in [0, 0.1) is 0 Å². The molecule has 0 amide bonds. The Morgan fingerprint density at radius 1 is 0.648 bits per heavy atom. The van der Waals surface area contributed by atoms with E-state index in [9.17, 15) is 0 Å². The van der Waals surface area contributed by atoms with Gasteiger partial charge in [0.1, 0.15) is 11.5 Å². The van der Waals surface area contributed by atoms with Crippen LogP contribution >= 0.6 is 21.6 Å². The van der Waals surface area contributed by atoms with Gasteiger partial charge in [0, 0.05) is 29.0 Å². The highest BCUT2D eigenvalue weighted by Crippen LogP contribution is 2.31. The lowest BCUT2D eigenvalue weighted by molar-refractivity contribution is -0.666. The van der Waals surface area contributed by atoms with Crippen LogP contribution in [-0.2, 0) is 6.54 Å². The second kappa shape index (κ2) is 18.0. The number of para-hydroxylation sites is 1. The number of aromatic nitrogens is 1. The summed E-state index contributed by atoms with van der Waals surface area (Å²) in [6, 6.07) is 36.0. The van der Waals surface area contributed by atoms with Gasteiger partial charge in [0.25, 0.3) is 0 Å². The van der Waals surface area contributed by atoms with Crippen molar-refractivity contribution in [2.45, 2.75) is 6.54 Å². The van der Waals surface area contributed by atoms with Crippen molar-refractivity contribution in [3.63, 3.8) is 0 Å². The van der Waals surface area contributed by atoms with E-state index in [-0.39, 0.29) is 0 Å². The molecular formula is C48H44N2O2S2+2. The number of pyridine rings is 1. The largest absolute Gasteiger partial charge is 0.496 e. The second-order valence-electron chi connectivity index (χ2n) is 12.7. The maximum Gasteiger partial charge on any atom is 0.213 e. The SMILES string of the molecule is C=CC(/C=C/c1ccc(OC)c2ccccc12)=C1/C=CC=CC1=[NH+]CCSSCC[n+]1ccc(/C=C/c2ccc(OC)c3ccccc23)c2ccccc21. The molecule has 0 radical (unpaired) electrons. The number of hydrogen-bond acceptors (Lipinski definition) is 4. The van der Waals surface area contributed by atoms with Crippen LogP contribution < -0.4 is 19.0 Å². The monoisotopic (exact) mass is 744 g/mol. The molecule has 1 aliphatic carbocycles. The fourth-order valence-corrected chi connectivity index (χ4v) is 8.75. The molecule has 1 aromatic heterocycles. The lowest BCUT2D eigenvalue weighted by Crippen LogP contribution is -2.74. The third kappa shape index (κ3) is 8.31. The van der Waals surface area contributed by atoms with Crippen LogP contribution in [0.3, 0.4) is 0 Å². The van der Waals surface area contributed by atoms with Crippen molar-refractivity contribution in [1.29, 1.82) is 0 Å². The summed E-state index contributed by atoms with van der Waals surface area (Å²) < 4.78 is 13.6. The molecule has 0 saturated heterocycles. The predicted molar refractivity (Wildman–Crippen MR) is 234 cm³/mol. The van der Waals surface area contributed by atoms with Gasteiger partial charge in [-0.05, 0) is 57.3 Å². The van der Waals surface area contributed by atoms with Crippen molar-refractivity contribution < 1.29 is 19.0 Å². The van der Waals surface area contributed by atoms with Gasteiger partial charge in [-0.25, -0.2) is 4.99 Å². The van der Waals surface area contributed by atoms with Crippen LogP contribution in [0.2, 0.25) is 0 Å². The Kier molecular flexibility index (Phi) is 12.2. The van der Waals surface area contributed by atoms with Crippen molar-refractivity contribution in [3.8, 4) is 11.5 Å². The topological polar surface area (TPSA) is 36.3 Å². The van der Waals surface area contributed by atoms with Crippen LogP contribution in [-0.4, -0.2) is 38.0 Å². The molecule has 7 rings (SSSR count). The average molecular weight is 745 g/mol. The zero-order valence-corrected chi connectivity index (χ0v) is 32.3. The summed E-state index contributed by atoms with van der Waals surface area (Å²) in [6.07, 6.45) is 21.4. The van der Waals surface area contributed by atoms with Gasteiger partial charge in [-0.3, -0.25) is 0 Å². The van der Waals surface area contributed by atoms with Crippen LogP contribution in [0.5, 0.6) is 11.5 Å². The first kappa shape index (κ1) is 36.8. The molecule has 0 atom stereocenters. The van der Waals surface area contributed by atoms with E-state index in [0.717, 1.165) is 74.7 Å². The zero-order chi connectivity index (χ0) is 37.1. The standard InChI is InChI=1S/C48H43N2O2S2/c1-4-35(21-22-36-25-27-47(51-2)43-17-7-5-13-39(36)43)41-15-9-11-19-45(41)49-30-33-53-54-34-32-50-31-29-38(42-16-10-12-20-46(42)50)24-23-37-26-28-48(52-3)44-18-8-6-14-40(37)44/h4-29,31H,1,30,32-34H2,2-3H3/q+1/p+1/b22-21+,24-23+,41-35+,49-45?. The van der Waals surface area contributed by atoms with E-state index in [0.29, 0.717) is 0 Å². The summed E-state index contributed by atoms with van der Waals surface area (Å²) in [5.41, 5.74) is 8.08. The van der Waals surface area contributed by atoms with Gasteiger partial charge in [0.2, 0.25) is 11.2 Å². The molecule has 0 spiro atoms. The van der Waals surface area contributed by atoms with Gasteiger partial charge in [-0.1, -0.05) is 143 Å². The van der Waals surface area contributed by atoms with Gasteiger partial charge in [-0.2, -0.15) is 4.57 Å². The molecule has 1 heterocycles. The molecule has 6 aromatic rings. The Morgan fingerprint density at radius 2 is 1.22 bits per heavy atom. The number of nitrogens with one attached hydrogen (secondary N) is 1.